The zero-order valence-corrected chi connectivity index (χ0v) is 16.1. The Kier molecular flexibility index (Phi) is 6.35. The molecule has 0 radical (unpaired) electrons. The van der Waals surface area contributed by atoms with Crippen LogP contribution in [0.1, 0.15) is 39.0 Å². The summed E-state index contributed by atoms with van der Waals surface area (Å²) in [4.78, 5) is 12.2. The van der Waals surface area contributed by atoms with Crippen molar-refractivity contribution < 1.29 is 13.9 Å². The van der Waals surface area contributed by atoms with Gasteiger partial charge in [0.15, 0.2) is 0 Å². The number of thioether (sulfide) groups is 1. The molecule has 27 heavy (non-hydrogen) atoms. The fourth-order valence-electron chi connectivity index (χ4n) is 3.10. The van der Waals surface area contributed by atoms with E-state index in [9.17, 15) is 10.1 Å². The second-order valence-electron chi connectivity index (χ2n) is 6.42. The number of nitrogens with one attached hydrogen (secondary N) is 1. The molecule has 8 heteroatoms. The van der Waals surface area contributed by atoms with Crippen LogP contribution in [0.2, 0.25) is 0 Å². The Balaban J connectivity index is 1.54. The minimum absolute atomic E-state index is 0.133. The number of rotatable bonds is 7. The lowest BCUT2D eigenvalue weighted by Crippen LogP contribution is -2.49. The van der Waals surface area contributed by atoms with Gasteiger partial charge < -0.3 is 14.5 Å². The fraction of sp³-hybridized carbons (Fsp3) is 0.474. The molecule has 0 aliphatic heterocycles. The van der Waals surface area contributed by atoms with Crippen LogP contribution in [0.15, 0.2) is 33.9 Å². The summed E-state index contributed by atoms with van der Waals surface area (Å²) in [5.41, 5.74) is 0.0611. The number of nitrogens with zero attached hydrogens (tertiary/aromatic N) is 3. The lowest BCUT2D eigenvalue weighted by molar-refractivity contribution is -0.120. The van der Waals surface area contributed by atoms with E-state index in [1.165, 1.54) is 11.8 Å². The third kappa shape index (κ3) is 5.01. The van der Waals surface area contributed by atoms with E-state index in [0.717, 1.165) is 30.6 Å². The number of ether oxygens (including phenoxy) is 1. The van der Waals surface area contributed by atoms with Gasteiger partial charge in [-0.1, -0.05) is 31.0 Å². The first kappa shape index (κ1) is 19.2. The van der Waals surface area contributed by atoms with E-state index in [1.807, 2.05) is 31.2 Å². The molecule has 3 rings (SSSR count). The molecule has 1 aliphatic carbocycles. The minimum atomic E-state index is -0.724. The number of carbonyl (C=O) groups is 1. The van der Waals surface area contributed by atoms with Gasteiger partial charge in [0.25, 0.3) is 5.22 Å². The molecule has 7 nitrogen and oxygen atoms in total. The molecule has 0 saturated heterocycles. The Bertz CT molecular complexity index is 807. The summed E-state index contributed by atoms with van der Waals surface area (Å²) in [5.74, 6) is 1.11. The molecule has 0 spiro atoms. The summed E-state index contributed by atoms with van der Waals surface area (Å²) < 4.78 is 11.0. The quantitative estimate of drug-likeness (QED) is 0.726. The molecule has 1 fully saturated rings. The van der Waals surface area contributed by atoms with Crippen LogP contribution in [0.3, 0.4) is 0 Å². The number of benzene rings is 1. The summed E-state index contributed by atoms with van der Waals surface area (Å²) >= 11 is 1.17. The normalized spacial score (nSPS) is 15.7. The smallest absolute Gasteiger partial charge is 0.277 e. The zero-order valence-electron chi connectivity index (χ0n) is 15.2. The molecule has 1 amide bonds. The molecule has 0 atom stereocenters. The lowest BCUT2D eigenvalue weighted by atomic mass is 9.83. The SMILES string of the molecule is CCOc1ccc(-c2nnc(SCC(=O)NC3(C#N)CCCCC3)o2)cc1. The number of carbonyl (C=O) groups excluding carboxylic acids is 1. The number of amides is 1. The van der Waals surface area contributed by atoms with E-state index >= 15 is 0 Å². The molecule has 142 valence electrons. The van der Waals surface area contributed by atoms with Crippen molar-refractivity contribution in [2.75, 3.05) is 12.4 Å². The van der Waals surface area contributed by atoms with Gasteiger partial charge >= 0.3 is 0 Å². The number of hydrogen-bond donors (Lipinski definition) is 1. The van der Waals surface area contributed by atoms with Gasteiger partial charge in [0, 0.05) is 5.56 Å². The van der Waals surface area contributed by atoms with Gasteiger partial charge in [-0.15, -0.1) is 10.2 Å². The molecule has 1 aromatic carbocycles. The topological polar surface area (TPSA) is 101 Å². The van der Waals surface area contributed by atoms with Crippen molar-refractivity contribution in [2.45, 2.75) is 49.8 Å². The molecule has 0 bridgehead atoms. The Morgan fingerprint density at radius 3 is 2.70 bits per heavy atom. The summed E-state index contributed by atoms with van der Waals surface area (Å²) in [6, 6.07) is 9.66. The molecule has 1 N–H and O–H groups in total. The first-order valence-electron chi connectivity index (χ1n) is 9.06. The molecular weight excluding hydrogens is 364 g/mol. The van der Waals surface area contributed by atoms with Gasteiger partial charge in [-0.25, -0.2) is 0 Å². The first-order valence-corrected chi connectivity index (χ1v) is 10.0. The van der Waals surface area contributed by atoms with E-state index in [2.05, 4.69) is 21.6 Å². The Labute approximate surface area is 162 Å². The predicted octanol–water partition coefficient (Wildman–Crippen LogP) is 3.57. The molecule has 0 unspecified atom stereocenters. The monoisotopic (exact) mass is 386 g/mol. The number of aromatic nitrogens is 2. The highest BCUT2D eigenvalue weighted by Crippen LogP contribution is 2.28. The number of hydrogen-bond acceptors (Lipinski definition) is 7. The predicted molar refractivity (Wildman–Crippen MR) is 101 cm³/mol. The average molecular weight is 386 g/mol. The van der Waals surface area contributed by atoms with Crippen LogP contribution in [0.25, 0.3) is 11.5 Å². The van der Waals surface area contributed by atoms with Crippen molar-refractivity contribution in [3.8, 4) is 23.3 Å². The molecule has 1 saturated carbocycles. The van der Waals surface area contributed by atoms with Crippen molar-refractivity contribution >= 4 is 17.7 Å². The van der Waals surface area contributed by atoms with Crippen molar-refractivity contribution in [1.29, 1.82) is 5.26 Å². The van der Waals surface area contributed by atoms with Crippen LogP contribution in [-0.4, -0.2) is 34.0 Å². The summed E-state index contributed by atoms with van der Waals surface area (Å²) in [6.45, 7) is 2.54. The molecule has 1 aromatic heterocycles. The minimum Gasteiger partial charge on any atom is -0.494 e. The van der Waals surface area contributed by atoms with Crippen LogP contribution in [0.4, 0.5) is 0 Å². The molecule has 1 aliphatic rings. The van der Waals surface area contributed by atoms with Crippen LogP contribution < -0.4 is 10.1 Å². The van der Waals surface area contributed by atoms with Crippen molar-refractivity contribution in [3.63, 3.8) is 0 Å². The van der Waals surface area contributed by atoms with E-state index < -0.39 is 5.54 Å². The lowest BCUT2D eigenvalue weighted by Gasteiger charge is -2.31. The van der Waals surface area contributed by atoms with E-state index in [4.69, 9.17) is 9.15 Å². The van der Waals surface area contributed by atoms with Crippen LogP contribution in [0.5, 0.6) is 5.75 Å². The highest BCUT2D eigenvalue weighted by Gasteiger charge is 2.33. The van der Waals surface area contributed by atoms with Crippen molar-refractivity contribution in [3.05, 3.63) is 24.3 Å². The highest BCUT2D eigenvalue weighted by molar-refractivity contribution is 7.99. The second-order valence-corrected chi connectivity index (χ2v) is 7.35. The van der Waals surface area contributed by atoms with Crippen molar-refractivity contribution in [1.82, 2.24) is 15.5 Å². The van der Waals surface area contributed by atoms with E-state index in [0.29, 0.717) is 30.6 Å². The highest BCUT2D eigenvalue weighted by atomic mass is 32.2. The maximum Gasteiger partial charge on any atom is 0.277 e. The van der Waals surface area contributed by atoms with Gasteiger partial charge in [0.2, 0.25) is 11.8 Å². The Morgan fingerprint density at radius 1 is 1.30 bits per heavy atom. The van der Waals surface area contributed by atoms with E-state index in [-0.39, 0.29) is 11.7 Å². The molecule has 2 aromatic rings. The van der Waals surface area contributed by atoms with Gasteiger partial charge in [0.1, 0.15) is 11.3 Å². The summed E-state index contributed by atoms with van der Waals surface area (Å²) in [5, 5.41) is 20.6. The van der Waals surface area contributed by atoms with E-state index in [1.54, 1.807) is 0 Å². The summed E-state index contributed by atoms with van der Waals surface area (Å²) in [7, 11) is 0. The van der Waals surface area contributed by atoms with Crippen LogP contribution in [-0.2, 0) is 4.79 Å². The maximum absolute atomic E-state index is 12.2. The zero-order chi connectivity index (χ0) is 19.1. The Morgan fingerprint density at radius 2 is 2.04 bits per heavy atom. The van der Waals surface area contributed by atoms with Gasteiger partial charge in [-0.3, -0.25) is 4.79 Å². The number of nitriles is 1. The van der Waals surface area contributed by atoms with Crippen LogP contribution in [0, 0.1) is 11.3 Å². The Hall–Kier alpha value is -2.53. The van der Waals surface area contributed by atoms with Gasteiger partial charge in [0.05, 0.1) is 18.4 Å². The fourth-order valence-corrected chi connectivity index (χ4v) is 3.66. The standard InChI is InChI=1S/C19H22N4O3S/c1-2-25-15-8-6-14(7-9-15)17-22-23-18(26-17)27-12-16(24)21-19(13-20)10-4-3-5-11-19/h6-9H,2-5,10-12H2,1H3,(H,21,24). The first-order chi connectivity index (χ1) is 13.1. The maximum atomic E-state index is 12.2. The van der Waals surface area contributed by atoms with Crippen molar-refractivity contribution in [2.24, 2.45) is 0 Å². The third-order valence-corrected chi connectivity index (χ3v) is 5.26. The van der Waals surface area contributed by atoms with Gasteiger partial charge in [-0.2, -0.15) is 5.26 Å². The molecular formula is C19H22N4O3S. The summed E-state index contributed by atoms with van der Waals surface area (Å²) in [6.07, 6.45) is 4.47. The van der Waals surface area contributed by atoms with Gasteiger partial charge in [-0.05, 0) is 44.0 Å². The average Bonchev–Trinajstić information content (AvgIpc) is 3.17. The van der Waals surface area contributed by atoms with Crippen LogP contribution >= 0.6 is 11.8 Å². The largest absolute Gasteiger partial charge is 0.494 e. The second kappa shape index (κ2) is 8.91. The molecule has 1 heterocycles. The third-order valence-electron chi connectivity index (χ3n) is 4.45.